The lowest BCUT2D eigenvalue weighted by atomic mass is 10.0. The number of carboxylic acid groups (broad SMARTS) is 1. The summed E-state index contributed by atoms with van der Waals surface area (Å²) in [6, 6.07) is 4.04. The topological polar surface area (TPSA) is 159 Å². The molecule has 4 atom stereocenters. The Labute approximate surface area is 171 Å². The maximum atomic E-state index is 12.6. The number of carbonyl (C=O) groups excluding carboxylic acids is 2. The molecule has 0 aliphatic carbocycles. The molecule has 156 valence electrons. The van der Waals surface area contributed by atoms with Crippen molar-refractivity contribution in [1.82, 2.24) is 10.2 Å². The van der Waals surface area contributed by atoms with Crippen LogP contribution in [0.3, 0.4) is 0 Å². The second-order valence-electron chi connectivity index (χ2n) is 6.76. The number of benzene rings is 1. The third-order valence-electron chi connectivity index (χ3n) is 4.40. The van der Waals surface area contributed by atoms with Crippen molar-refractivity contribution in [2.45, 2.75) is 29.6 Å². The molecule has 3 rings (SSSR count). The van der Waals surface area contributed by atoms with Crippen LogP contribution in [-0.4, -0.2) is 59.1 Å². The molecule has 0 bridgehead atoms. The maximum Gasteiger partial charge on any atom is 0.352 e. The molecule has 12 heteroatoms. The number of nitrogens with two attached hydrogens (primary N) is 1. The van der Waals surface area contributed by atoms with Crippen molar-refractivity contribution in [3.8, 4) is 0 Å². The number of β-lactam (4-membered cyclic amide) rings is 1. The van der Waals surface area contributed by atoms with Gasteiger partial charge in [-0.2, -0.15) is 0 Å². The van der Waals surface area contributed by atoms with Gasteiger partial charge in [-0.15, -0.1) is 11.8 Å². The van der Waals surface area contributed by atoms with Crippen LogP contribution in [0.1, 0.15) is 18.5 Å². The first kappa shape index (κ1) is 21.1. The molecular weight excluding hydrogens is 420 g/mol. The molecule has 5 N–H and O–H groups in total. The van der Waals surface area contributed by atoms with E-state index in [0.29, 0.717) is 5.56 Å². The number of carboxylic acids is 1. The standard InChI is InChI=1S/C17H20N4O6S2/c1-8-6-11(17(24)25)21-15(23)13(16(21)28-8)19-14(22)12(18)9-4-3-5-10(7-9)20-29(2,26)27/h3-8,12-13,16,20H,18H2,1-2H3,(H,19,22)(H,24,25)/t8?,12?,13?,16-/m1/s1. The average molecular weight is 441 g/mol. The van der Waals surface area contributed by atoms with Crippen molar-refractivity contribution in [1.29, 1.82) is 0 Å². The zero-order chi connectivity index (χ0) is 21.5. The maximum absolute atomic E-state index is 12.6. The highest BCUT2D eigenvalue weighted by Crippen LogP contribution is 2.40. The van der Waals surface area contributed by atoms with E-state index in [1.54, 1.807) is 19.1 Å². The van der Waals surface area contributed by atoms with Gasteiger partial charge in [-0.25, -0.2) is 13.2 Å². The predicted octanol–water partition coefficient (Wildman–Crippen LogP) is -0.185. The van der Waals surface area contributed by atoms with Crippen LogP contribution in [0.25, 0.3) is 0 Å². The van der Waals surface area contributed by atoms with Gasteiger partial charge in [-0.3, -0.25) is 19.2 Å². The summed E-state index contributed by atoms with van der Waals surface area (Å²) in [6.07, 6.45) is 2.49. The van der Waals surface area contributed by atoms with E-state index in [4.69, 9.17) is 5.73 Å². The first-order valence-corrected chi connectivity index (χ1v) is 11.4. The fourth-order valence-corrected chi connectivity index (χ4v) is 5.02. The summed E-state index contributed by atoms with van der Waals surface area (Å²) in [5.74, 6) is -2.34. The van der Waals surface area contributed by atoms with Gasteiger partial charge in [-0.1, -0.05) is 12.1 Å². The molecule has 10 nitrogen and oxygen atoms in total. The van der Waals surface area contributed by atoms with Crippen LogP contribution in [0.15, 0.2) is 36.0 Å². The molecule has 1 saturated heterocycles. The zero-order valence-corrected chi connectivity index (χ0v) is 17.2. The van der Waals surface area contributed by atoms with Gasteiger partial charge in [0, 0.05) is 10.9 Å². The normalized spacial score (nSPS) is 24.7. The Balaban J connectivity index is 1.71. The van der Waals surface area contributed by atoms with Gasteiger partial charge in [0.2, 0.25) is 15.9 Å². The van der Waals surface area contributed by atoms with Crippen LogP contribution in [0.2, 0.25) is 0 Å². The van der Waals surface area contributed by atoms with Crippen molar-refractivity contribution < 1.29 is 27.9 Å². The Morgan fingerprint density at radius 1 is 1.34 bits per heavy atom. The van der Waals surface area contributed by atoms with E-state index in [-0.39, 0.29) is 16.6 Å². The molecule has 2 heterocycles. The minimum absolute atomic E-state index is 0.0967. The Morgan fingerprint density at radius 2 is 2.03 bits per heavy atom. The lowest BCUT2D eigenvalue weighted by Crippen LogP contribution is -2.71. The summed E-state index contributed by atoms with van der Waals surface area (Å²) in [4.78, 5) is 37.5. The summed E-state index contributed by atoms with van der Waals surface area (Å²) in [7, 11) is -3.49. The summed E-state index contributed by atoms with van der Waals surface area (Å²) in [6.45, 7) is 1.80. The number of nitrogens with zero attached hydrogens (tertiary/aromatic N) is 1. The summed E-state index contributed by atoms with van der Waals surface area (Å²) < 4.78 is 25.0. The molecule has 0 aromatic heterocycles. The molecule has 0 spiro atoms. The van der Waals surface area contributed by atoms with Gasteiger partial charge in [0.1, 0.15) is 23.2 Å². The number of amides is 2. The molecule has 2 amide bonds. The highest BCUT2D eigenvalue weighted by molar-refractivity contribution is 8.00. The first-order valence-electron chi connectivity index (χ1n) is 8.55. The summed E-state index contributed by atoms with van der Waals surface area (Å²) in [5.41, 5.74) is 6.50. The lowest BCUT2D eigenvalue weighted by molar-refractivity contribution is -0.150. The zero-order valence-electron chi connectivity index (χ0n) is 15.5. The molecule has 1 aromatic rings. The lowest BCUT2D eigenvalue weighted by Gasteiger charge is -2.49. The van der Waals surface area contributed by atoms with Crippen LogP contribution < -0.4 is 15.8 Å². The van der Waals surface area contributed by atoms with Gasteiger partial charge in [-0.05, 0) is 30.7 Å². The van der Waals surface area contributed by atoms with E-state index in [1.807, 2.05) is 0 Å². The second-order valence-corrected chi connectivity index (χ2v) is 10.0. The van der Waals surface area contributed by atoms with Crippen LogP contribution in [-0.2, 0) is 24.4 Å². The number of hydrogen-bond acceptors (Lipinski definition) is 7. The SMILES string of the molecule is CC1C=C(C(=O)O)N2C(=O)C(NC(=O)C(N)c3cccc(NS(C)(=O)=O)c3)[C@H]2S1. The number of aliphatic carboxylic acids is 1. The molecule has 29 heavy (non-hydrogen) atoms. The number of thioether (sulfide) groups is 1. The Kier molecular flexibility index (Phi) is 5.61. The van der Waals surface area contributed by atoms with Crippen molar-refractivity contribution in [3.63, 3.8) is 0 Å². The second kappa shape index (κ2) is 7.69. The number of sulfonamides is 1. The minimum atomic E-state index is -3.49. The van der Waals surface area contributed by atoms with Crippen LogP contribution in [0, 0.1) is 0 Å². The summed E-state index contributed by atoms with van der Waals surface area (Å²) in [5, 5.41) is 11.2. The minimum Gasteiger partial charge on any atom is -0.477 e. The third-order valence-corrected chi connectivity index (χ3v) is 6.33. The number of anilines is 1. The molecule has 0 saturated carbocycles. The third kappa shape index (κ3) is 4.38. The Bertz CT molecular complexity index is 1010. The summed E-state index contributed by atoms with van der Waals surface area (Å²) >= 11 is 1.36. The monoisotopic (exact) mass is 440 g/mol. The van der Waals surface area contributed by atoms with Crippen molar-refractivity contribution in [3.05, 3.63) is 41.6 Å². The van der Waals surface area contributed by atoms with Gasteiger partial charge < -0.3 is 16.2 Å². The Hall–Kier alpha value is -2.57. The van der Waals surface area contributed by atoms with E-state index in [9.17, 15) is 27.9 Å². The van der Waals surface area contributed by atoms with Gasteiger partial charge in [0.15, 0.2) is 0 Å². The molecule has 0 radical (unpaired) electrons. The van der Waals surface area contributed by atoms with Crippen molar-refractivity contribution in [2.24, 2.45) is 5.73 Å². The number of hydrogen-bond donors (Lipinski definition) is 4. The van der Waals surface area contributed by atoms with Crippen LogP contribution >= 0.6 is 11.8 Å². The van der Waals surface area contributed by atoms with E-state index in [1.165, 1.54) is 30.0 Å². The molecule has 1 fully saturated rings. The van der Waals surface area contributed by atoms with Crippen LogP contribution in [0.5, 0.6) is 0 Å². The molecule has 1 aromatic carbocycles. The molecule has 2 aliphatic heterocycles. The average Bonchev–Trinajstić information content (AvgIpc) is 2.63. The highest BCUT2D eigenvalue weighted by Gasteiger charge is 2.54. The van der Waals surface area contributed by atoms with E-state index >= 15 is 0 Å². The fourth-order valence-electron chi connectivity index (χ4n) is 3.13. The smallest absolute Gasteiger partial charge is 0.352 e. The Morgan fingerprint density at radius 3 is 2.66 bits per heavy atom. The van der Waals surface area contributed by atoms with Crippen LogP contribution in [0.4, 0.5) is 5.69 Å². The number of fused-ring (bicyclic) bond motifs is 1. The first-order chi connectivity index (χ1) is 13.5. The molecule has 3 unspecified atom stereocenters. The highest BCUT2D eigenvalue weighted by atomic mass is 32.2. The number of carbonyl (C=O) groups is 3. The van der Waals surface area contributed by atoms with Gasteiger partial charge in [0.25, 0.3) is 5.91 Å². The van der Waals surface area contributed by atoms with E-state index in [2.05, 4.69) is 10.0 Å². The number of rotatable bonds is 6. The largest absolute Gasteiger partial charge is 0.477 e. The van der Waals surface area contributed by atoms with E-state index in [0.717, 1.165) is 11.2 Å². The van der Waals surface area contributed by atoms with Gasteiger partial charge in [0.05, 0.1) is 6.26 Å². The van der Waals surface area contributed by atoms with E-state index < -0.39 is 45.3 Å². The number of nitrogens with one attached hydrogen (secondary N) is 2. The van der Waals surface area contributed by atoms with Crippen molar-refractivity contribution in [2.75, 3.05) is 11.0 Å². The molecular formula is C17H20N4O6S2. The quantitative estimate of drug-likeness (QED) is 0.443. The molecule has 2 aliphatic rings. The van der Waals surface area contributed by atoms with Gasteiger partial charge >= 0.3 is 5.97 Å². The van der Waals surface area contributed by atoms with Crippen molar-refractivity contribution >= 4 is 45.3 Å². The fraction of sp³-hybridized carbons (Fsp3) is 0.353. The predicted molar refractivity (Wildman–Crippen MR) is 107 cm³/mol.